The van der Waals surface area contributed by atoms with Crippen molar-refractivity contribution in [2.24, 2.45) is 0 Å². The molecular weight excluding hydrogens is 288 g/mol. The van der Waals surface area contributed by atoms with Crippen molar-refractivity contribution in [3.63, 3.8) is 0 Å². The molecule has 2 aromatic carbocycles. The number of aryl methyl sites for hydroxylation is 2. The first-order valence-electron chi connectivity index (χ1n) is 6.86. The normalized spacial score (nSPS) is 11.9. The molecule has 3 nitrogen and oxygen atoms in total. The molecule has 2 rings (SSSR count). The number of hydrogen-bond donors (Lipinski definition) is 1. The van der Waals surface area contributed by atoms with Crippen molar-refractivity contribution in [1.82, 2.24) is 0 Å². The van der Waals surface area contributed by atoms with Crippen LogP contribution in [0.15, 0.2) is 36.4 Å². The van der Waals surface area contributed by atoms with Crippen LogP contribution in [0.3, 0.4) is 0 Å². The molecule has 0 bridgehead atoms. The molecule has 0 fully saturated rings. The van der Waals surface area contributed by atoms with Gasteiger partial charge >= 0.3 is 0 Å². The SMILES string of the molecule is Cc1ccc(C)c(O[C@@H](C)C(=O)Nc2ccc(F)cc2F)c1. The minimum Gasteiger partial charge on any atom is -0.481 e. The zero-order valence-electron chi connectivity index (χ0n) is 12.6. The highest BCUT2D eigenvalue weighted by Crippen LogP contribution is 2.21. The standard InChI is InChI=1S/C17H17F2NO2/c1-10-4-5-11(2)16(8-10)22-12(3)17(21)20-15-7-6-13(18)9-14(15)19/h4-9,12H,1-3H3,(H,20,21)/t12-/m0/s1. The van der Waals surface area contributed by atoms with E-state index in [-0.39, 0.29) is 5.69 Å². The van der Waals surface area contributed by atoms with Gasteiger partial charge in [0.05, 0.1) is 5.69 Å². The number of carbonyl (C=O) groups is 1. The van der Waals surface area contributed by atoms with Gasteiger partial charge in [0.2, 0.25) is 0 Å². The molecular formula is C17H17F2NO2. The molecule has 0 unspecified atom stereocenters. The summed E-state index contributed by atoms with van der Waals surface area (Å²) in [6, 6.07) is 8.64. The third-order valence-electron chi connectivity index (χ3n) is 3.21. The molecule has 0 aliphatic heterocycles. The van der Waals surface area contributed by atoms with Crippen molar-refractivity contribution < 1.29 is 18.3 Å². The number of anilines is 1. The number of halogens is 2. The molecule has 1 amide bonds. The van der Waals surface area contributed by atoms with Gasteiger partial charge in [-0.1, -0.05) is 12.1 Å². The first kappa shape index (κ1) is 15.9. The summed E-state index contributed by atoms with van der Waals surface area (Å²) in [5, 5.41) is 2.39. The molecule has 0 aliphatic rings. The van der Waals surface area contributed by atoms with E-state index in [4.69, 9.17) is 4.74 Å². The predicted molar refractivity (Wildman–Crippen MR) is 81.0 cm³/mol. The summed E-state index contributed by atoms with van der Waals surface area (Å²) < 4.78 is 32.0. The van der Waals surface area contributed by atoms with Crippen molar-refractivity contribution in [1.29, 1.82) is 0 Å². The Morgan fingerprint density at radius 1 is 1.14 bits per heavy atom. The van der Waals surface area contributed by atoms with Gasteiger partial charge in [-0.15, -0.1) is 0 Å². The van der Waals surface area contributed by atoms with Gasteiger partial charge < -0.3 is 10.1 Å². The Hall–Kier alpha value is -2.43. The molecule has 116 valence electrons. The minimum atomic E-state index is -0.827. The second kappa shape index (κ2) is 6.56. The van der Waals surface area contributed by atoms with Crippen molar-refractivity contribution in [2.75, 3.05) is 5.32 Å². The molecule has 5 heteroatoms. The number of carbonyl (C=O) groups excluding carboxylic acids is 1. The molecule has 0 saturated heterocycles. The third-order valence-corrected chi connectivity index (χ3v) is 3.21. The van der Waals surface area contributed by atoms with E-state index in [9.17, 15) is 13.6 Å². The highest BCUT2D eigenvalue weighted by Gasteiger charge is 2.17. The molecule has 22 heavy (non-hydrogen) atoms. The van der Waals surface area contributed by atoms with Crippen LogP contribution in [0.5, 0.6) is 5.75 Å². The maximum Gasteiger partial charge on any atom is 0.265 e. The molecule has 0 spiro atoms. The van der Waals surface area contributed by atoms with Crippen LogP contribution >= 0.6 is 0 Å². The van der Waals surface area contributed by atoms with E-state index in [2.05, 4.69) is 5.32 Å². The average molecular weight is 305 g/mol. The topological polar surface area (TPSA) is 38.3 Å². The number of amides is 1. The second-order valence-electron chi connectivity index (χ2n) is 5.14. The Kier molecular flexibility index (Phi) is 4.75. The van der Waals surface area contributed by atoms with Gasteiger partial charge in [-0.25, -0.2) is 8.78 Å². The van der Waals surface area contributed by atoms with Crippen LogP contribution in [0, 0.1) is 25.5 Å². The van der Waals surface area contributed by atoms with E-state index in [1.54, 1.807) is 6.92 Å². The lowest BCUT2D eigenvalue weighted by atomic mass is 10.1. The summed E-state index contributed by atoms with van der Waals surface area (Å²) in [6.07, 6.45) is -0.815. The number of benzene rings is 2. The maximum absolute atomic E-state index is 13.5. The Morgan fingerprint density at radius 2 is 1.86 bits per heavy atom. The zero-order valence-corrected chi connectivity index (χ0v) is 12.6. The maximum atomic E-state index is 13.5. The number of hydrogen-bond acceptors (Lipinski definition) is 2. The van der Waals surface area contributed by atoms with Gasteiger partial charge in [-0.05, 0) is 50.1 Å². The Morgan fingerprint density at radius 3 is 2.55 bits per heavy atom. The van der Waals surface area contributed by atoms with Crippen LogP contribution in [0.2, 0.25) is 0 Å². The molecule has 0 aliphatic carbocycles. The highest BCUT2D eigenvalue weighted by atomic mass is 19.1. The largest absolute Gasteiger partial charge is 0.481 e. The molecule has 0 saturated carbocycles. The molecule has 2 aromatic rings. The van der Waals surface area contributed by atoms with Gasteiger partial charge in [0, 0.05) is 6.07 Å². The van der Waals surface area contributed by atoms with Crippen LogP contribution in [0.4, 0.5) is 14.5 Å². The zero-order chi connectivity index (χ0) is 16.3. The van der Waals surface area contributed by atoms with Crippen molar-refractivity contribution in [2.45, 2.75) is 26.9 Å². The van der Waals surface area contributed by atoms with Crippen molar-refractivity contribution >= 4 is 11.6 Å². The Bertz CT molecular complexity index is 701. The summed E-state index contributed by atoms with van der Waals surface area (Å²) in [5.41, 5.74) is 1.83. The van der Waals surface area contributed by atoms with E-state index < -0.39 is 23.6 Å². The fraction of sp³-hybridized carbons (Fsp3) is 0.235. The number of nitrogens with one attached hydrogen (secondary N) is 1. The van der Waals surface area contributed by atoms with Crippen LogP contribution in [-0.4, -0.2) is 12.0 Å². The van der Waals surface area contributed by atoms with E-state index >= 15 is 0 Å². The van der Waals surface area contributed by atoms with Gasteiger partial charge in [0.15, 0.2) is 6.10 Å². The van der Waals surface area contributed by atoms with Crippen molar-refractivity contribution in [3.05, 3.63) is 59.2 Å². The summed E-state index contributed by atoms with van der Waals surface area (Å²) in [4.78, 5) is 12.1. The molecule has 0 heterocycles. The highest BCUT2D eigenvalue weighted by molar-refractivity contribution is 5.94. The monoisotopic (exact) mass is 305 g/mol. The van der Waals surface area contributed by atoms with E-state index in [1.807, 2.05) is 32.0 Å². The van der Waals surface area contributed by atoms with Crippen molar-refractivity contribution in [3.8, 4) is 5.75 Å². The Labute approximate surface area is 127 Å². The lowest BCUT2D eigenvalue weighted by Gasteiger charge is -2.17. The molecule has 1 N–H and O–H groups in total. The average Bonchev–Trinajstić information content (AvgIpc) is 2.45. The summed E-state index contributed by atoms with van der Waals surface area (Å²) in [6.45, 7) is 5.36. The van der Waals surface area contributed by atoms with Gasteiger partial charge in [-0.2, -0.15) is 0 Å². The fourth-order valence-corrected chi connectivity index (χ4v) is 1.90. The van der Waals surface area contributed by atoms with E-state index in [1.165, 1.54) is 6.07 Å². The molecule has 1 atom stereocenters. The van der Waals surface area contributed by atoms with Crippen LogP contribution < -0.4 is 10.1 Å². The predicted octanol–water partition coefficient (Wildman–Crippen LogP) is 3.99. The van der Waals surface area contributed by atoms with Crippen LogP contribution in [0.1, 0.15) is 18.1 Å². The molecule has 0 aromatic heterocycles. The lowest BCUT2D eigenvalue weighted by Crippen LogP contribution is -2.30. The van der Waals surface area contributed by atoms with Crippen LogP contribution in [-0.2, 0) is 4.79 Å². The minimum absolute atomic E-state index is 0.0807. The third kappa shape index (κ3) is 3.81. The van der Waals surface area contributed by atoms with Gasteiger partial charge in [-0.3, -0.25) is 4.79 Å². The van der Waals surface area contributed by atoms with Gasteiger partial charge in [0.25, 0.3) is 5.91 Å². The first-order chi connectivity index (χ1) is 10.4. The lowest BCUT2D eigenvalue weighted by molar-refractivity contribution is -0.122. The molecule has 0 radical (unpaired) electrons. The van der Waals surface area contributed by atoms with Crippen LogP contribution in [0.25, 0.3) is 0 Å². The first-order valence-corrected chi connectivity index (χ1v) is 6.86. The smallest absolute Gasteiger partial charge is 0.265 e. The number of ether oxygens (including phenoxy) is 1. The van der Waals surface area contributed by atoms with E-state index in [0.717, 1.165) is 17.2 Å². The van der Waals surface area contributed by atoms with Gasteiger partial charge in [0.1, 0.15) is 17.4 Å². The summed E-state index contributed by atoms with van der Waals surface area (Å²) in [5.74, 6) is -1.43. The number of rotatable bonds is 4. The van der Waals surface area contributed by atoms with E-state index in [0.29, 0.717) is 11.8 Å². The second-order valence-corrected chi connectivity index (χ2v) is 5.14. The quantitative estimate of drug-likeness (QED) is 0.927. The fourth-order valence-electron chi connectivity index (χ4n) is 1.90. The Balaban J connectivity index is 2.07. The summed E-state index contributed by atoms with van der Waals surface area (Å²) in [7, 11) is 0. The summed E-state index contributed by atoms with van der Waals surface area (Å²) >= 11 is 0.